The van der Waals surface area contributed by atoms with Gasteiger partial charge in [0.1, 0.15) is 0 Å². The average molecular weight is 268 g/mol. The van der Waals surface area contributed by atoms with Gasteiger partial charge in [-0.25, -0.2) is 13.1 Å². The summed E-state index contributed by atoms with van der Waals surface area (Å²) in [4.78, 5) is 0.334. The highest BCUT2D eigenvalue weighted by Gasteiger charge is 2.24. The lowest BCUT2D eigenvalue weighted by molar-refractivity contribution is 0.320. The second-order valence-corrected chi connectivity index (χ2v) is 6.54. The molecule has 1 heterocycles. The first-order valence-electron chi connectivity index (χ1n) is 6.38. The molecule has 5 heteroatoms. The zero-order valence-electron chi connectivity index (χ0n) is 10.6. The summed E-state index contributed by atoms with van der Waals surface area (Å²) in [6, 6.07) is 8.49. The standard InChI is InChI=1S/C13H20N2O2S/c1-11(12-6-5-9-14-10-12)15-18(16,17)13-7-3-2-4-8-13/h2-4,7-8,11-12,14-15H,5-6,9-10H2,1H3. The van der Waals surface area contributed by atoms with Crippen molar-refractivity contribution in [1.29, 1.82) is 0 Å². The third kappa shape index (κ3) is 3.31. The topological polar surface area (TPSA) is 58.2 Å². The average Bonchev–Trinajstić information content (AvgIpc) is 2.40. The lowest BCUT2D eigenvalue weighted by Crippen LogP contribution is -2.44. The summed E-state index contributed by atoms with van der Waals surface area (Å²) >= 11 is 0. The summed E-state index contributed by atoms with van der Waals surface area (Å²) in [6.45, 7) is 3.87. The highest BCUT2D eigenvalue weighted by Crippen LogP contribution is 2.16. The molecule has 100 valence electrons. The largest absolute Gasteiger partial charge is 0.316 e. The smallest absolute Gasteiger partial charge is 0.240 e. The molecule has 0 amide bonds. The van der Waals surface area contributed by atoms with E-state index in [1.54, 1.807) is 24.3 Å². The maximum Gasteiger partial charge on any atom is 0.240 e. The van der Waals surface area contributed by atoms with E-state index >= 15 is 0 Å². The molecule has 1 aromatic rings. The molecular weight excluding hydrogens is 248 g/mol. The number of benzene rings is 1. The molecule has 18 heavy (non-hydrogen) atoms. The van der Waals surface area contributed by atoms with Crippen LogP contribution in [0.4, 0.5) is 0 Å². The normalized spacial score (nSPS) is 22.6. The van der Waals surface area contributed by atoms with Crippen LogP contribution in [0.1, 0.15) is 19.8 Å². The van der Waals surface area contributed by atoms with Crippen LogP contribution < -0.4 is 10.0 Å². The lowest BCUT2D eigenvalue weighted by atomic mass is 9.94. The Balaban J connectivity index is 2.04. The molecule has 0 saturated carbocycles. The van der Waals surface area contributed by atoms with Crippen molar-refractivity contribution in [2.45, 2.75) is 30.7 Å². The van der Waals surface area contributed by atoms with Crippen molar-refractivity contribution in [3.8, 4) is 0 Å². The molecule has 0 bridgehead atoms. The van der Waals surface area contributed by atoms with Gasteiger partial charge in [0.25, 0.3) is 0 Å². The Morgan fingerprint density at radius 3 is 2.67 bits per heavy atom. The minimum Gasteiger partial charge on any atom is -0.316 e. The summed E-state index contributed by atoms with van der Waals surface area (Å²) in [5, 5.41) is 3.31. The van der Waals surface area contributed by atoms with Gasteiger partial charge in [0, 0.05) is 6.04 Å². The van der Waals surface area contributed by atoms with Crippen molar-refractivity contribution >= 4 is 10.0 Å². The van der Waals surface area contributed by atoms with Gasteiger partial charge in [-0.2, -0.15) is 0 Å². The molecule has 1 aromatic carbocycles. The van der Waals surface area contributed by atoms with Gasteiger partial charge in [-0.15, -0.1) is 0 Å². The quantitative estimate of drug-likeness (QED) is 0.866. The summed E-state index contributed by atoms with van der Waals surface area (Å²) in [7, 11) is -3.39. The fourth-order valence-electron chi connectivity index (χ4n) is 2.31. The van der Waals surface area contributed by atoms with Crippen molar-refractivity contribution in [3.63, 3.8) is 0 Å². The number of piperidine rings is 1. The molecule has 0 aliphatic carbocycles. The Kier molecular flexibility index (Phi) is 4.37. The SMILES string of the molecule is CC(NS(=O)(=O)c1ccccc1)C1CCCNC1. The van der Waals surface area contributed by atoms with E-state index in [-0.39, 0.29) is 6.04 Å². The van der Waals surface area contributed by atoms with Gasteiger partial charge in [0.05, 0.1) is 4.90 Å². The van der Waals surface area contributed by atoms with Gasteiger partial charge in [0.2, 0.25) is 10.0 Å². The van der Waals surface area contributed by atoms with Crippen LogP contribution in [0.3, 0.4) is 0 Å². The third-order valence-electron chi connectivity index (χ3n) is 3.44. The van der Waals surface area contributed by atoms with E-state index in [1.165, 1.54) is 0 Å². The van der Waals surface area contributed by atoms with Crippen LogP contribution >= 0.6 is 0 Å². The monoisotopic (exact) mass is 268 g/mol. The molecule has 0 spiro atoms. The molecule has 2 atom stereocenters. The summed E-state index contributed by atoms with van der Waals surface area (Å²) in [5.41, 5.74) is 0. The number of hydrogen-bond acceptors (Lipinski definition) is 3. The first-order chi connectivity index (χ1) is 8.59. The van der Waals surface area contributed by atoms with E-state index in [4.69, 9.17) is 0 Å². The van der Waals surface area contributed by atoms with Gasteiger partial charge in [0.15, 0.2) is 0 Å². The number of nitrogens with one attached hydrogen (secondary N) is 2. The molecule has 1 aliphatic heterocycles. The molecule has 2 rings (SSSR count). The third-order valence-corrected chi connectivity index (χ3v) is 5.01. The zero-order chi connectivity index (χ0) is 13.0. The van der Waals surface area contributed by atoms with Crippen LogP contribution in [-0.4, -0.2) is 27.5 Å². The zero-order valence-corrected chi connectivity index (χ0v) is 11.4. The second-order valence-electron chi connectivity index (χ2n) is 4.83. The fraction of sp³-hybridized carbons (Fsp3) is 0.538. The molecule has 1 saturated heterocycles. The molecule has 2 N–H and O–H groups in total. The van der Waals surface area contributed by atoms with E-state index in [0.29, 0.717) is 10.8 Å². The van der Waals surface area contributed by atoms with E-state index in [0.717, 1.165) is 25.9 Å². The van der Waals surface area contributed by atoms with Crippen LogP contribution in [0.15, 0.2) is 35.2 Å². The number of hydrogen-bond donors (Lipinski definition) is 2. The van der Waals surface area contributed by atoms with Gasteiger partial charge < -0.3 is 5.32 Å². The highest BCUT2D eigenvalue weighted by molar-refractivity contribution is 7.89. The van der Waals surface area contributed by atoms with Crippen molar-refractivity contribution in [3.05, 3.63) is 30.3 Å². The van der Waals surface area contributed by atoms with Crippen molar-refractivity contribution < 1.29 is 8.42 Å². The predicted molar refractivity (Wildman–Crippen MR) is 71.8 cm³/mol. The summed E-state index contributed by atoms with van der Waals surface area (Å²) in [6.07, 6.45) is 2.19. The van der Waals surface area contributed by atoms with E-state index < -0.39 is 10.0 Å². The Morgan fingerprint density at radius 2 is 2.06 bits per heavy atom. The van der Waals surface area contributed by atoms with Gasteiger partial charge in [-0.3, -0.25) is 0 Å². The Morgan fingerprint density at radius 1 is 1.33 bits per heavy atom. The second kappa shape index (κ2) is 5.82. The van der Waals surface area contributed by atoms with Crippen LogP contribution in [0.25, 0.3) is 0 Å². The Labute approximate surface area is 109 Å². The minimum absolute atomic E-state index is 0.0389. The van der Waals surface area contributed by atoms with Crippen molar-refractivity contribution in [2.75, 3.05) is 13.1 Å². The first kappa shape index (κ1) is 13.5. The molecular formula is C13H20N2O2S. The van der Waals surface area contributed by atoms with Crippen LogP contribution in [-0.2, 0) is 10.0 Å². The summed E-state index contributed by atoms with van der Waals surface area (Å²) < 4.78 is 27.1. The fourth-order valence-corrected chi connectivity index (χ4v) is 3.65. The lowest BCUT2D eigenvalue weighted by Gasteiger charge is -2.28. The predicted octanol–water partition coefficient (Wildman–Crippen LogP) is 1.35. The van der Waals surface area contributed by atoms with E-state index in [2.05, 4.69) is 10.0 Å². The van der Waals surface area contributed by atoms with Gasteiger partial charge in [-0.1, -0.05) is 18.2 Å². The van der Waals surface area contributed by atoms with Gasteiger partial charge in [-0.05, 0) is 50.9 Å². The highest BCUT2D eigenvalue weighted by atomic mass is 32.2. The minimum atomic E-state index is -3.39. The van der Waals surface area contributed by atoms with E-state index in [9.17, 15) is 8.42 Å². The Bertz CT molecular complexity index is 467. The number of rotatable bonds is 4. The van der Waals surface area contributed by atoms with Crippen LogP contribution in [0.5, 0.6) is 0 Å². The summed E-state index contributed by atoms with van der Waals surface area (Å²) in [5.74, 6) is 0.372. The van der Waals surface area contributed by atoms with Crippen molar-refractivity contribution in [1.82, 2.24) is 10.0 Å². The number of sulfonamides is 1. The van der Waals surface area contributed by atoms with Crippen LogP contribution in [0, 0.1) is 5.92 Å². The van der Waals surface area contributed by atoms with Crippen LogP contribution in [0.2, 0.25) is 0 Å². The molecule has 0 radical (unpaired) electrons. The van der Waals surface area contributed by atoms with Crippen molar-refractivity contribution in [2.24, 2.45) is 5.92 Å². The maximum absolute atomic E-state index is 12.2. The first-order valence-corrected chi connectivity index (χ1v) is 7.86. The maximum atomic E-state index is 12.2. The molecule has 4 nitrogen and oxygen atoms in total. The van der Waals surface area contributed by atoms with Gasteiger partial charge >= 0.3 is 0 Å². The molecule has 2 unspecified atom stereocenters. The Hall–Kier alpha value is -0.910. The molecule has 1 aliphatic rings. The molecule has 1 fully saturated rings. The molecule has 0 aromatic heterocycles. The van der Waals surface area contributed by atoms with E-state index in [1.807, 2.05) is 13.0 Å².